The average Bonchev–Trinajstić information content (AvgIpc) is 2.93. The monoisotopic (exact) mass is 241 g/mol. The van der Waals surface area contributed by atoms with E-state index in [2.05, 4.69) is 4.98 Å². The molecule has 1 aromatic heterocycles. The van der Waals surface area contributed by atoms with Gasteiger partial charge in [-0.1, -0.05) is 26.0 Å². The predicted molar refractivity (Wildman–Crippen MR) is 69.5 cm³/mol. The van der Waals surface area contributed by atoms with E-state index in [4.69, 9.17) is 0 Å². The first kappa shape index (κ1) is 11.2. The van der Waals surface area contributed by atoms with Crippen LogP contribution in [0.3, 0.4) is 0 Å². The molecule has 0 saturated heterocycles. The Bertz CT molecular complexity index is 648. The first-order valence-corrected chi connectivity index (χ1v) is 6.06. The Hall–Kier alpha value is -1.90. The van der Waals surface area contributed by atoms with Crippen molar-refractivity contribution in [3.05, 3.63) is 42.1 Å². The molecule has 2 aromatic rings. The van der Waals surface area contributed by atoms with E-state index in [1.165, 1.54) is 0 Å². The smallest absolute Gasteiger partial charge is 0.314 e. The molecule has 1 aromatic carbocycles. The summed E-state index contributed by atoms with van der Waals surface area (Å²) in [6.07, 6.45) is 2.44. The maximum atomic E-state index is 11.6. The molecule has 3 heteroatoms. The zero-order chi connectivity index (χ0) is 13.0. The molecular formula is C15H15NO2. The van der Waals surface area contributed by atoms with Crippen molar-refractivity contribution in [2.45, 2.75) is 25.7 Å². The Kier molecular flexibility index (Phi) is 2.06. The molecule has 3 rings (SSSR count). The molecule has 1 aliphatic carbocycles. The fourth-order valence-corrected chi connectivity index (χ4v) is 2.94. The van der Waals surface area contributed by atoms with Crippen molar-refractivity contribution in [1.82, 2.24) is 4.98 Å². The number of hydrogen-bond acceptors (Lipinski definition) is 2. The summed E-state index contributed by atoms with van der Waals surface area (Å²) in [6, 6.07) is 9.61. The third-order valence-corrected chi connectivity index (χ3v) is 4.20. The van der Waals surface area contributed by atoms with Gasteiger partial charge in [0.25, 0.3) is 0 Å². The van der Waals surface area contributed by atoms with E-state index in [1.54, 1.807) is 6.20 Å². The normalized spacial score (nSPS) is 25.0. The number of rotatable bonds is 2. The van der Waals surface area contributed by atoms with Gasteiger partial charge in [-0.25, -0.2) is 0 Å². The van der Waals surface area contributed by atoms with Gasteiger partial charge in [-0.3, -0.25) is 9.78 Å². The quantitative estimate of drug-likeness (QED) is 0.879. The van der Waals surface area contributed by atoms with E-state index in [1.807, 2.05) is 44.2 Å². The number of pyridine rings is 1. The topological polar surface area (TPSA) is 50.2 Å². The van der Waals surface area contributed by atoms with E-state index >= 15 is 0 Å². The van der Waals surface area contributed by atoms with Crippen molar-refractivity contribution in [3.8, 4) is 0 Å². The van der Waals surface area contributed by atoms with E-state index in [0.717, 1.165) is 16.5 Å². The number of carboxylic acids is 1. The van der Waals surface area contributed by atoms with Crippen molar-refractivity contribution >= 4 is 16.9 Å². The number of benzene rings is 1. The predicted octanol–water partition coefficient (Wildman–Crippen LogP) is 2.99. The number of hydrogen-bond donors (Lipinski definition) is 1. The van der Waals surface area contributed by atoms with Crippen LogP contribution in [0.2, 0.25) is 0 Å². The van der Waals surface area contributed by atoms with Crippen LogP contribution < -0.4 is 0 Å². The Morgan fingerprint density at radius 2 is 2.06 bits per heavy atom. The number of carbonyl (C=O) groups is 1. The number of fused-ring (bicyclic) bond motifs is 1. The van der Waals surface area contributed by atoms with Crippen molar-refractivity contribution < 1.29 is 9.90 Å². The lowest BCUT2D eigenvalue weighted by molar-refractivity contribution is -0.141. The van der Waals surface area contributed by atoms with Crippen LogP contribution in [0.1, 0.15) is 25.8 Å². The molecule has 3 nitrogen and oxygen atoms in total. The molecule has 1 atom stereocenters. The zero-order valence-electron chi connectivity index (χ0n) is 10.5. The number of carboxylic acid groups (broad SMARTS) is 1. The van der Waals surface area contributed by atoms with E-state index in [0.29, 0.717) is 6.42 Å². The third-order valence-electron chi connectivity index (χ3n) is 4.20. The maximum Gasteiger partial charge on any atom is 0.314 e. The molecule has 0 bridgehead atoms. The summed E-state index contributed by atoms with van der Waals surface area (Å²) >= 11 is 0. The molecule has 18 heavy (non-hydrogen) atoms. The molecule has 92 valence electrons. The van der Waals surface area contributed by atoms with Gasteiger partial charge in [-0.15, -0.1) is 0 Å². The summed E-state index contributed by atoms with van der Waals surface area (Å²) in [7, 11) is 0. The molecule has 0 amide bonds. The number of aromatic nitrogens is 1. The van der Waals surface area contributed by atoms with Gasteiger partial charge in [0, 0.05) is 11.6 Å². The molecule has 1 unspecified atom stereocenters. The molecule has 0 radical (unpaired) electrons. The summed E-state index contributed by atoms with van der Waals surface area (Å²) in [5.74, 6) is -0.726. The molecule has 0 aliphatic heterocycles. The lowest BCUT2D eigenvalue weighted by Gasteiger charge is -2.16. The van der Waals surface area contributed by atoms with Crippen LogP contribution in [0, 0.1) is 5.41 Å². The zero-order valence-corrected chi connectivity index (χ0v) is 10.5. The highest BCUT2D eigenvalue weighted by Crippen LogP contribution is 2.64. The highest BCUT2D eigenvalue weighted by molar-refractivity contribution is 5.89. The second kappa shape index (κ2) is 3.31. The van der Waals surface area contributed by atoms with Crippen LogP contribution in [-0.4, -0.2) is 16.1 Å². The summed E-state index contributed by atoms with van der Waals surface area (Å²) < 4.78 is 0. The molecule has 0 spiro atoms. The Labute approximate surface area is 105 Å². The second-order valence-electron chi connectivity index (χ2n) is 5.68. The van der Waals surface area contributed by atoms with Gasteiger partial charge in [-0.05, 0) is 35.6 Å². The Balaban J connectivity index is 2.18. The third kappa shape index (κ3) is 1.30. The van der Waals surface area contributed by atoms with Gasteiger partial charge in [0.15, 0.2) is 0 Å². The van der Waals surface area contributed by atoms with E-state index in [-0.39, 0.29) is 5.41 Å². The van der Waals surface area contributed by atoms with Gasteiger partial charge in [0.2, 0.25) is 0 Å². The minimum absolute atomic E-state index is 0.172. The van der Waals surface area contributed by atoms with Crippen LogP contribution in [0.5, 0.6) is 0 Å². The first-order chi connectivity index (χ1) is 8.47. The van der Waals surface area contributed by atoms with Crippen molar-refractivity contribution in [2.75, 3.05) is 0 Å². The summed E-state index contributed by atoms with van der Waals surface area (Å²) in [6.45, 7) is 4.02. The molecule has 1 heterocycles. The fourth-order valence-electron chi connectivity index (χ4n) is 2.94. The summed E-state index contributed by atoms with van der Waals surface area (Å²) in [5.41, 5.74) is 0.895. The van der Waals surface area contributed by atoms with E-state index < -0.39 is 11.4 Å². The van der Waals surface area contributed by atoms with Crippen molar-refractivity contribution in [2.24, 2.45) is 5.41 Å². The van der Waals surface area contributed by atoms with E-state index in [9.17, 15) is 9.90 Å². The van der Waals surface area contributed by atoms with Gasteiger partial charge in [0.05, 0.1) is 10.9 Å². The minimum atomic E-state index is -0.726. The van der Waals surface area contributed by atoms with Gasteiger partial charge < -0.3 is 5.11 Å². The van der Waals surface area contributed by atoms with Crippen molar-refractivity contribution in [1.29, 1.82) is 0 Å². The fraction of sp³-hybridized carbons (Fsp3) is 0.333. The molecule has 1 fully saturated rings. The second-order valence-corrected chi connectivity index (χ2v) is 5.68. The van der Waals surface area contributed by atoms with Gasteiger partial charge in [0.1, 0.15) is 0 Å². The highest BCUT2D eigenvalue weighted by Gasteiger charge is 2.67. The molecule has 1 N–H and O–H groups in total. The van der Waals surface area contributed by atoms with Crippen LogP contribution in [-0.2, 0) is 10.2 Å². The number of nitrogens with zero attached hydrogens (tertiary/aromatic N) is 1. The van der Waals surface area contributed by atoms with Crippen LogP contribution in [0.25, 0.3) is 10.9 Å². The largest absolute Gasteiger partial charge is 0.481 e. The van der Waals surface area contributed by atoms with Crippen LogP contribution in [0.15, 0.2) is 36.5 Å². The molecule has 1 aliphatic rings. The standard InChI is InChI=1S/C15H15NO2/c1-14(2)9-15(14,13(17)18)11-5-6-12-10(8-11)4-3-7-16-12/h3-8H,9H2,1-2H3,(H,17,18). The van der Waals surface area contributed by atoms with Crippen molar-refractivity contribution in [3.63, 3.8) is 0 Å². The first-order valence-electron chi connectivity index (χ1n) is 6.06. The maximum absolute atomic E-state index is 11.6. The highest BCUT2D eigenvalue weighted by atomic mass is 16.4. The minimum Gasteiger partial charge on any atom is -0.481 e. The Morgan fingerprint density at radius 1 is 1.33 bits per heavy atom. The molecule has 1 saturated carbocycles. The average molecular weight is 241 g/mol. The summed E-state index contributed by atoms with van der Waals surface area (Å²) in [5, 5.41) is 10.5. The summed E-state index contributed by atoms with van der Waals surface area (Å²) in [4.78, 5) is 15.9. The molecular weight excluding hydrogens is 226 g/mol. The number of aliphatic carboxylic acids is 1. The van der Waals surface area contributed by atoms with Crippen LogP contribution >= 0.6 is 0 Å². The van der Waals surface area contributed by atoms with Gasteiger partial charge >= 0.3 is 5.97 Å². The lowest BCUT2D eigenvalue weighted by Crippen LogP contribution is -2.25. The SMILES string of the molecule is CC1(C)CC1(C(=O)O)c1ccc2ncccc2c1. The lowest BCUT2D eigenvalue weighted by atomic mass is 9.87. The van der Waals surface area contributed by atoms with Gasteiger partial charge in [-0.2, -0.15) is 0 Å². The van der Waals surface area contributed by atoms with Crippen LogP contribution in [0.4, 0.5) is 0 Å². The Morgan fingerprint density at radius 3 is 2.67 bits per heavy atom.